The van der Waals surface area contributed by atoms with E-state index in [-0.39, 0.29) is 23.9 Å². The van der Waals surface area contributed by atoms with Crippen molar-refractivity contribution >= 4 is 28.5 Å². The molecule has 132 valence electrons. The van der Waals surface area contributed by atoms with Crippen LogP contribution in [-0.2, 0) is 16.0 Å². The molecule has 0 aliphatic carbocycles. The molecule has 0 radical (unpaired) electrons. The van der Waals surface area contributed by atoms with Crippen molar-refractivity contribution in [2.75, 3.05) is 13.1 Å². The van der Waals surface area contributed by atoms with E-state index in [1.165, 1.54) is 12.1 Å². The monoisotopic (exact) mass is 345 g/mol. The Labute approximate surface area is 143 Å². The number of rotatable bonds is 4. The lowest BCUT2D eigenvalue weighted by Gasteiger charge is -2.35. The number of H-pyrrole nitrogens is 1. The summed E-state index contributed by atoms with van der Waals surface area (Å²) in [5.41, 5.74) is 1.43. The number of hydrogen-bond acceptors (Lipinski definition) is 4. The van der Waals surface area contributed by atoms with E-state index in [9.17, 15) is 19.7 Å². The van der Waals surface area contributed by atoms with Gasteiger partial charge < -0.3 is 15.0 Å². The van der Waals surface area contributed by atoms with E-state index < -0.39 is 16.8 Å². The number of non-ortho nitro benzene ring substituents is 1. The Morgan fingerprint density at radius 3 is 2.84 bits per heavy atom. The van der Waals surface area contributed by atoms with Crippen molar-refractivity contribution in [2.24, 2.45) is 11.8 Å². The molecule has 0 saturated carbocycles. The Bertz CT molecular complexity index is 844. The minimum Gasteiger partial charge on any atom is -0.481 e. The number of carbonyl (C=O) groups excluding carboxylic acids is 1. The summed E-state index contributed by atoms with van der Waals surface area (Å²) < 4.78 is 0. The fourth-order valence-electron chi connectivity index (χ4n) is 3.44. The van der Waals surface area contributed by atoms with Gasteiger partial charge in [0.25, 0.3) is 5.69 Å². The highest BCUT2D eigenvalue weighted by Crippen LogP contribution is 2.27. The van der Waals surface area contributed by atoms with Crippen LogP contribution in [0, 0.1) is 22.0 Å². The van der Waals surface area contributed by atoms with Crippen LogP contribution in [0.1, 0.15) is 18.9 Å². The van der Waals surface area contributed by atoms with Crippen LogP contribution in [0.4, 0.5) is 5.69 Å². The molecule has 0 bridgehead atoms. The first kappa shape index (κ1) is 16.9. The topological polar surface area (TPSA) is 117 Å². The summed E-state index contributed by atoms with van der Waals surface area (Å²) in [5, 5.41) is 20.8. The lowest BCUT2D eigenvalue weighted by Crippen LogP contribution is -2.45. The number of nitrogens with one attached hydrogen (secondary N) is 1. The van der Waals surface area contributed by atoms with Gasteiger partial charge in [0.05, 0.1) is 17.3 Å². The van der Waals surface area contributed by atoms with Gasteiger partial charge in [0, 0.05) is 42.3 Å². The minimum absolute atomic E-state index is 0.0170. The first-order valence-corrected chi connectivity index (χ1v) is 8.12. The zero-order chi connectivity index (χ0) is 18.1. The quantitative estimate of drug-likeness (QED) is 0.651. The number of aromatic amines is 1. The lowest BCUT2D eigenvalue weighted by atomic mass is 9.87. The Morgan fingerprint density at radius 1 is 1.44 bits per heavy atom. The van der Waals surface area contributed by atoms with E-state index in [0.29, 0.717) is 30.5 Å². The molecule has 1 aliphatic heterocycles. The first-order valence-electron chi connectivity index (χ1n) is 8.12. The summed E-state index contributed by atoms with van der Waals surface area (Å²) in [6.07, 6.45) is 2.27. The molecule has 1 aromatic carbocycles. The van der Waals surface area contributed by atoms with Crippen molar-refractivity contribution in [1.82, 2.24) is 9.88 Å². The molecular weight excluding hydrogens is 326 g/mol. The van der Waals surface area contributed by atoms with E-state index in [4.69, 9.17) is 5.11 Å². The van der Waals surface area contributed by atoms with E-state index >= 15 is 0 Å². The number of piperidine rings is 1. The number of aromatic nitrogens is 1. The van der Waals surface area contributed by atoms with Crippen LogP contribution in [0.25, 0.3) is 10.9 Å². The number of benzene rings is 1. The highest BCUT2D eigenvalue weighted by atomic mass is 16.6. The largest absolute Gasteiger partial charge is 0.481 e. The van der Waals surface area contributed by atoms with Gasteiger partial charge in [-0.15, -0.1) is 0 Å². The Hall–Kier alpha value is -2.90. The molecule has 2 atom stereocenters. The third kappa shape index (κ3) is 3.33. The van der Waals surface area contributed by atoms with Gasteiger partial charge in [-0.3, -0.25) is 19.7 Å². The number of carboxylic acids is 1. The summed E-state index contributed by atoms with van der Waals surface area (Å²) in [7, 11) is 0. The predicted octanol–water partition coefficient (Wildman–Crippen LogP) is 2.19. The Morgan fingerprint density at radius 2 is 2.20 bits per heavy atom. The molecule has 2 aromatic rings. The number of likely N-dealkylation sites (tertiary alicyclic amines) is 1. The van der Waals surface area contributed by atoms with E-state index in [1.807, 2.05) is 6.92 Å². The molecule has 8 nitrogen and oxygen atoms in total. The van der Waals surface area contributed by atoms with Gasteiger partial charge in [0.15, 0.2) is 0 Å². The van der Waals surface area contributed by atoms with E-state index in [0.717, 1.165) is 5.52 Å². The second-order valence-corrected chi connectivity index (χ2v) is 6.53. The van der Waals surface area contributed by atoms with Gasteiger partial charge in [-0.2, -0.15) is 0 Å². The molecule has 25 heavy (non-hydrogen) atoms. The highest BCUT2D eigenvalue weighted by Gasteiger charge is 2.33. The maximum Gasteiger partial charge on any atom is 0.306 e. The fourth-order valence-corrected chi connectivity index (χ4v) is 3.44. The zero-order valence-electron chi connectivity index (χ0n) is 13.8. The van der Waals surface area contributed by atoms with Gasteiger partial charge in [-0.05, 0) is 24.0 Å². The van der Waals surface area contributed by atoms with Gasteiger partial charge >= 0.3 is 5.97 Å². The van der Waals surface area contributed by atoms with E-state index in [1.54, 1.807) is 17.2 Å². The Balaban J connectivity index is 1.75. The average molecular weight is 345 g/mol. The van der Waals surface area contributed by atoms with Crippen LogP contribution in [0.2, 0.25) is 0 Å². The van der Waals surface area contributed by atoms with Gasteiger partial charge in [-0.25, -0.2) is 0 Å². The number of amides is 1. The van der Waals surface area contributed by atoms with E-state index in [2.05, 4.69) is 4.98 Å². The number of carbonyl (C=O) groups is 2. The SMILES string of the molecule is CC1CN(C(=O)Cc2c[nH]c3ccc([N+](=O)[O-])cc23)CCC1C(=O)O. The molecule has 3 rings (SSSR count). The zero-order valence-corrected chi connectivity index (χ0v) is 13.8. The van der Waals surface area contributed by atoms with Crippen molar-refractivity contribution < 1.29 is 19.6 Å². The average Bonchev–Trinajstić information content (AvgIpc) is 2.96. The van der Waals surface area contributed by atoms with Crippen LogP contribution in [0.5, 0.6) is 0 Å². The third-order valence-electron chi connectivity index (χ3n) is 4.88. The van der Waals surface area contributed by atoms with Crippen molar-refractivity contribution in [3.63, 3.8) is 0 Å². The van der Waals surface area contributed by atoms with Crippen LogP contribution < -0.4 is 0 Å². The minimum atomic E-state index is -0.816. The molecule has 2 N–H and O–H groups in total. The molecule has 0 spiro atoms. The maximum absolute atomic E-state index is 12.6. The first-order chi connectivity index (χ1) is 11.9. The number of nitrogens with zero attached hydrogens (tertiary/aromatic N) is 2. The van der Waals surface area contributed by atoms with Crippen LogP contribution in [-0.4, -0.2) is 44.9 Å². The van der Waals surface area contributed by atoms with Crippen molar-refractivity contribution in [3.05, 3.63) is 40.1 Å². The number of nitro groups is 1. The number of nitro benzene ring substituents is 1. The summed E-state index contributed by atoms with van der Waals surface area (Å²) in [6, 6.07) is 4.51. The molecule has 2 heterocycles. The summed E-state index contributed by atoms with van der Waals surface area (Å²) >= 11 is 0. The normalized spacial score (nSPS) is 20.6. The molecule has 1 aromatic heterocycles. The molecule has 1 aliphatic rings. The smallest absolute Gasteiger partial charge is 0.306 e. The predicted molar refractivity (Wildman–Crippen MR) is 90.1 cm³/mol. The van der Waals surface area contributed by atoms with Crippen molar-refractivity contribution in [1.29, 1.82) is 0 Å². The molecular formula is C17H19N3O5. The lowest BCUT2D eigenvalue weighted by molar-refractivity contribution is -0.384. The molecule has 1 saturated heterocycles. The number of carboxylic acid groups (broad SMARTS) is 1. The molecule has 1 fully saturated rings. The van der Waals surface area contributed by atoms with Crippen LogP contribution in [0.15, 0.2) is 24.4 Å². The van der Waals surface area contributed by atoms with Crippen LogP contribution >= 0.6 is 0 Å². The second-order valence-electron chi connectivity index (χ2n) is 6.53. The van der Waals surface area contributed by atoms with Crippen LogP contribution in [0.3, 0.4) is 0 Å². The van der Waals surface area contributed by atoms with Gasteiger partial charge in [0.1, 0.15) is 0 Å². The maximum atomic E-state index is 12.6. The number of hydrogen-bond donors (Lipinski definition) is 2. The van der Waals surface area contributed by atoms with Gasteiger partial charge in [0.2, 0.25) is 5.91 Å². The second kappa shape index (κ2) is 6.54. The van der Waals surface area contributed by atoms with Crippen molar-refractivity contribution in [2.45, 2.75) is 19.8 Å². The fraction of sp³-hybridized carbons (Fsp3) is 0.412. The molecule has 2 unspecified atom stereocenters. The third-order valence-corrected chi connectivity index (χ3v) is 4.88. The molecule has 8 heteroatoms. The summed E-state index contributed by atoms with van der Waals surface area (Å²) in [5.74, 6) is -1.43. The van der Waals surface area contributed by atoms with Crippen molar-refractivity contribution in [3.8, 4) is 0 Å². The summed E-state index contributed by atoms with van der Waals surface area (Å²) in [4.78, 5) is 38.9. The standard InChI is InChI=1S/C17H19N3O5/c1-10-9-19(5-4-13(10)17(22)23)16(21)6-11-8-18-15-3-2-12(20(24)25)7-14(11)15/h2-3,7-8,10,13,18H,4-6,9H2,1H3,(H,22,23). The Kier molecular flexibility index (Phi) is 4.43. The molecule has 1 amide bonds. The number of fused-ring (bicyclic) bond motifs is 1. The van der Waals surface area contributed by atoms with Gasteiger partial charge in [-0.1, -0.05) is 6.92 Å². The number of aliphatic carboxylic acids is 1. The summed E-state index contributed by atoms with van der Waals surface area (Å²) in [6.45, 7) is 2.67. The highest BCUT2D eigenvalue weighted by molar-refractivity contribution is 5.90.